The van der Waals surface area contributed by atoms with Crippen LogP contribution < -0.4 is 5.56 Å². The molecule has 1 fully saturated rings. The molecule has 4 aromatic rings. The van der Waals surface area contributed by atoms with Crippen LogP contribution in [0.5, 0.6) is 0 Å². The van der Waals surface area contributed by atoms with Gasteiger partial charge in [0.25, 0.3) is 5.56 Å². The van der Waals surface area contributed by atoms with Crippen LogP contribution in [0.25, 0.3) is 22.4 Å². The molecule has 0 unspecified atom stereocenters. The molecule has 9 heteroatoms. The molecule has 2 heterocycles. The molecule has 2 aromatic heterocycles. The molecule has 0 N–H and O–H groups in total. The lowest BCUT2D eigenvalue weighted by Crippen LogP contribution is -2.34. The molecule has 1 amide bonds. The summed E-state index contributed by atoms with van der Waals surface area (Å²) in [7, 11) is 0. The van der Waals surface area contributed by atoms with Gasteiger partial charge in [0.05, 0.1) is 23.8 Å². The van der Waals surface area contributed by atoms with Gasteiger partial charge in [-0.3, -0.25) is 14.2 Å². The summed E-state index contributed by atoms with van der Waals surface area (Å²) in [6.45, 7) is 0.507. The monoisotopic (exact) mass is 449 g/mol. The number of para-hydroxylation sites is 1. The Balaban J connectivity index is 1.28. The normalized spacial score (nSPS) is 13.4. The lowest BCUT2D eigenvalue weighted by molar-refractivity contribution is -0.133. The van der Waals surface area contributed by atoms with Crippen LogP contribution in [0.3, 0.4) is 0 Å². The van der Waals surface area contributed by atoms with E-state index in [0.717, 1.165) is 18.4 Å². The third-order valence-corrected chi connectivity index (χ3v) is 5.72. The molecular weight excluding hydrogens is 430 g/mol. The Morgan fingerprint density at radius 2 is 1.91 bits per heavy atom. The Morgan fingerprint density at radius 3 is 2.69 bits per heavy atom. The highest BCUT2D eigenvalue weighted by Gasteiger charge is 2.33. The number of rotatable bonds is 7. The second kappa shape index (κ2) is 8.55. The van der Waals surface area contributed by atoms with E-state index >= 15 is 0 Å². The molecule has 0 spiro atoms. The Kier molecular flexibility index (Phi) is 5.45. The zero-order chi connectivity index (χ0) is 22.1. The summed E-state index contributed by atoms with van der Waals surface area (Å²) in [5, 5.41) is 9.36. The lowest BCUT2D eigenvalue weighted by Gasteiger charge is -2.20. The Hall–Kier alpha value is -3.52. The van der Waals surface area contributed by atoms with Gasteiger partial charge in [-0.2, -0.15) is 0 Å². The summed E-state index contributed by atoms with van der Waals surface area (Å²) in [6, 6.07) is 14.5. The van der Waals surface area contributed by atoms with Crippen LogP contribution in [0.2, 0.25) is 5.02 Å². The lowest BCUT2D eigenvalue weighted by atomic mass is 10.2. The van der Waals surface area contributed by atoms with E-state index in [0.29, 0.717) is 27.7 Å². The van der Waals surface area contributed by atoms with E-state index in [1.165, 1.54) is 10.9 Å². The molecule has 0 saturated heterocycles. The van der Waals surface area contributed by atoms with E-state index in [-0.39, 0.29) is 37.0 Å². The quantitative estimate of drug-likeness (QED) is 0.427. The van der Waals surface area contributed by atoms with Crippen molar-refractivity contribution in [2.24, 2.45) is 0 Å². The molecule has 32 heavy (non-hydrogen) atoms. The van der Waals surface area contributed by atoms with Crippen LogP contribution in [-0.4, -0.2) is 36.6 Å². The number of amides is 1. The number of carbonyl (C=O) groups excluding carboxylic acids is 1. The second-order valence-corrected chi connectivity index (χ2v) is 8.21. The Labute approximate surface area is 188 Å². The standard InChI is InChI=1S/C23H20ClN5O3/c24-16-7-5-15(6-8-16)22-27-26-20(32-22)13-29(17-9-10-17)21(30)11-12-28-14-25-19-4-2-1-3-18(19)23(28)31/h1-8,14,17H,9-13H2. The number of nitrogens with zero attached hydrogens (tertiary/aromatic N) is 5. The summed E-state index contributed by atoms with van der Waals surface area (Å²) < 4.78 is 7.26. The number of aryl methyl sites for hydroxylation is 1. The zero-order valence-electron chi connectivity index (χ0n) is 17.1. The van der Waals surface area contributed by atoms with E-state index in [1.807, 2.05) is 6.07 Å². The van der Waals surface area contributed by atoms with Crippen LogP contribution in [0.4, 0.5) is 0 Å². The van der Waals surface area contributed by atoms with E-state index in [9.17, 15) is 9.59 Å². The average Bonchev–Trinajstić information content (AvgIpc) is 3.55. The third kappa shape index (κ3) is 4.27. The Morgan fingerprint density at radius 1 is 1.12 bits per heavy atom. The first-order chi connectivity index (χ1) is 15.6. The first-order valence-corrected chi connectivity index (χ1v) is 10.8. The highest BCUT2D eigenvalue weighted by Crippen LogP contribution is 2.29. The molecule has 0 atom stereocenters. The van der Waals surface area contributed by atoms with Gasteiger partial charge in [-0.1, -0.05) is 23.7 Å². The number of benzene rings is 2. The van der Waals surface area contributed by atoms with Crippen molar-refractivity contribution in [1.82, 2.24) is 24.6 Å². The van der Waals surface area contributed by atoms with Crippen molar-refractivity contribution in [3.05, 3.63) is 76.1 Å². The summed E-state index contributed by atoms with van der Waals surface area (Å²) >= 11 is 5.93. The van der Waals surface area contributed by atoms with Gasteiger partial charge >= 0.3 is 0 Å². The van der Waals surface area contributed by atoms with Gasteiger partial charge < -0.3 is 9.32 Å². The first-order valence-electron chi connectivity index (χ1n) is 10.4. The van der Waals surface area contributed by atoms with Crippen LogP contribution >= 0.6 is 11.6 Å². The highest BCUT2D eigenvalue weighted by molar-refractivity contribution is 6.30. The van der Waals surface area contributed by atoms with Crippen molar-refractivity contribution in [2.45, 2.75) is 38.4 Å². The molecule has 2 aromatic carbocycles. The first kappa shape index (κ1) is 20.4. The molecule has 5 rings (SSSR count). The van der Waals surface area contributed by atoms with Gasteiger partial charge in [-0.15, -0.1) is 10.2 Å². The number of carbonyl (C=O) groups is 1. The fourth-order valence-electron chi connectivity index (χ4n) is 3.60. The number of hydrogen-bond acceptors (Lipinski definition) is 6. The molecule has 0 radical (unpaired) electrons. The fourth-order valence-corrected chi connectivity index (χ4v) is 3.73. The minimum atomic E-state index is -0.147. The van der Waals surface area contributed by atoms with Gasteiger partial charge in [0.15, 0.2) is 0 Å². The van der Waals surface area contributed by atoms with Crippen molar-refractivity contribution in [3.8, 4) is 11.5 Å². The molecule has 1 saturated carbocycles. The molecule has 0 bridgehead atoms. The maximum atomic E-state index is 13.0. The van der Waals surface area contributed by atoms with Gasteiger partial charge in [0.1, 0.15) is 0 Å². The zero-order valence-corrected chi connectivity index (χ0v) is 17.9. The van der Waals surface area contributed by atoms with E-state index in [2.05, 4.69) is 15.2 Å². The van der Waals surface area contributed by atoms with Crippen molar-refractivity contribution in [2.75, 3.05) is 0 Å². The van der Waals surface area contributed by atoms with Crippen LogP contribution in [-0.2, 0) is 17.9 Å². The molecular formula is C23H20ClN5O3. The van der Waals surface area contributed by atoms with Crippen molar-refractivity contribution < 1.29 is 9.21 Å². The van der Waals surface area contributed by atoms with Gasteiger partial charge in [-0.05, 0) is 49.2 Å². The molecule has 1 aliphatic rings. The number of aromatic nitrogens is 4. The summed E-state index contributed by atoms with van der Waals surface area (Å²) in [5.41, 5.74) is 1.26. The molecule has 1 aliphatic carbocycles. The summed E-state index contributed by atoms with van der Waals surface area (Å²) in [6.07, 6.45) is 3.58. The number of fused-ring (bicyclic) bond motifs is 1. The second-order valence-electron chi connectivity index (χ2n) is 7.77. The van der Waals surface area contributed by atoms with Gasteiger partial charge in [0.2, 0.25) is 17.7 Å². The van der Waals surface area contributed by atoms with Crippen LogP contribution in [0.15, 0.2) is 64.1 Å². The van der Waals surface area contributed by atoms with Gasteiger partial charge in [-0.25, -0.2) is 4.98 Å². The van der Waals surface area contributed by atoms with Crippen LogP contribution in [0, 0.1) is 0 Å². The maximum absolute atomic E-state index is 13.0. The van der Waals surface area contributed by atoms with Crippen LogP contribution in [0.1, 0.15) is 25.2 Å². The predicted octanol–water partition coefficient (Wildman–Crippen LogP) is 3.68. The van der Waals surface area contributed by atoms with E-state index in [4.69, 9.17) is 16.0 Å². The third-order valence-electron chi connectivity index (χ3n) is 5.47. The smallest absolute Gasteiger partial charge is 0.261 e. The topological polar surface area (TPSA) is 94.1 Å². The fraction of sp³-hybridized carbons (Fsp3) is 0.261. The number of hydrogen-bond donors (Lipinski definition) is 0. The van der Waals surface area contributed by atoms with Gasteiger partial charge in [0, 0.05) is 29.6 Å². The summed E-state index contributed by atoms with van der Waals surface area (Å²) in [4.78, 5) is 31.7. The molecule has 8 nitrogen and oxygen atoms in total. The molecule has 0 aliphatic heterocycles. The van der Waals surface area contributed by atoms with E-state index < -0.39 is 0 Å². The largest absolute Gasteiger partial charge is 0.419 e. The van der Waals surface area contributed by atoms with Crippen molar-refractivity contribution >= 4 is 28.4 Å². The van der Waals surface area contributed by atoms with E-state index in [1.54, 1.807) is 47.4 Å². The minimum absolute atomic E-state index is 0.0567. The average molecular weight is 450 g/mol. The minimum Gasteiger partial charge on any atom is -0.419 e. The number of halogens is 1. The predicted molar refractivity (Wildman–Crippen MR) is 119 cm³/mol. The summed E-state index contributed by atoms with van der Waals surface area (Å²) in [5.74, 6) is 0.701. The van der Waals surface area contributed by atoms with Crippen molar-refractivity contribution in [1.29, 1.82) is 0 Å². The Bertz CT molecular complexity index is 1330. The molecule has 162 valence electrons. The van der Waals surface area contributed by atoms with Crippen molar-refractivity contribution in [3.63, 3.8) is 0 Å². The maximum Gasteiger partial charge on any atom is 0.261 e. The SMILES string of the molecule is O=C(CCn1cnc2ccccc2c1=O)N(Cc1nnc(-c2ccc(Cl)cc2)o1)C1CC1. The highest BCUT2D eigenvalue weighted by atomic mass is 35.5.